The Bertz CT molecular complexity index is 679. The van der Waals surface area contributed by atoms with Crippen LogP contribution in [-0.2, 0) is 4.79 Å². The van der Waals surface area contributed by atoms with Gasteiger partial charge in [0, 0.05) is 5.56 Å². The fourth-order valence-corrected chi connectivity index (χ4v) is 1.67. The maximum Gasteiger partial charge on any atom is 0.450 e. The lowest BCUT2D eigenvalue weighted by Gasteiger charge is -2.08. The summed E-state index contributed by atoms with van der Waals surface area (Å²) >= 11 is 0. The predicted octanol–water partition coefficient (Wildman–Crippen LogP) is 3.42. The number of alkyl halides is 3. The average molecular weight is 302 g/mol. The zero-order chi connectivity index (χ0) is 15.8. The molecule has 0 aliphatic carbocycles. The Morgan fingerprint density at radius 2 is 2.00 bits per heavy atom. The highest BCUT2D eigenvalue weighted by atomic mass is 19.4. The highest BCUT2D eigenvalue weighted by molar-refractivity contribution is 5.89. The normalized spacial score (nSPS) is 13.2. The average Bonchev–Trinajstić information content (AvgIpc) is 2.88. The Balaban J connectivity index is 2.29. The van der Waals surface area contributed by atoms with Gasteiger partial charge in [0.05, 0.1) is 0 Å². The van der Waals surface area contributed by atoms with Crippen LogP contribution in [0, 0.1) is 12.7 Å². The Labute approximate surface area is 116 Å². The van der Waals surface area contributed by atoms with Crippen molar-refractivity contribution in [2.45, 2.75) is 25.9 Å². The summed E-state index contributed by atoms with van der Waals surface area (Å²) in [6, 6.07) is 3.98. The molecule has 0 fully saturated rings. The van der Waals surface area contributed by atoms with Gasteiger partial charge in [-0.15, -0.1) is 0 Å². The molecule has 21 heavy (non-hydrogen) atoms. The molecule has 2 aromatic rings. The Morgan fingerprint density at radius 1 is 1.33 bits per heavy atom. The molecule has 0 bridgehead atoms. The van der Waals surface area contributed by atoms with E-state index in [1.165, 1.54) is 25.1 Å². The summed E-state index contributed by atoms with van der Waals surface area (Å²) in [5.41, 5.74) is 0.717. The van der Waals surface area contributed by atoms with E-state index in [1.807, 2.05) is 0 Å². The number of nitrogens with zero attached hydrogens (tertiary/aromatic N) is 2. The maximum absolute atomic E-state index is 13.2. The standard InChI is InChI=1S/C13H10F4N2O2/c1-6-5-8(3-4-9(6)14)11-18-12(21-19-11)7(2)10(20)13(15,16)17/h3-5,7H,1-2H3. The largest absolute Gasteiger partial charge is 0.450 e. The van der Waals surface area contributed by atoms with Crippen LogP contribution in [0.1, 0.15) is 24.3 Å². The van der Waals surface area contributed by atoms with Crippen LogP contribution in [0.4, 0.5) is 17.6 Å². The Kier molecular flexibility index (Phi) is 3.80. The molecule has 0 spiro atoms. The van der Waals surface area contributed by atoms with Crippen LogP contribution in [0.5, 0.6) is 0 Å². The minimum Gasteiger partial charge on any atom is -0.338 e. The molecule has 0 saturated heterocycles. The van der Waals surface area contributed by atoms with Crippen LogP contribution >= 0.6 is 0 Å². The number of halogens is 4. The summed E-state index contributed by atoms with van der Waals surface area (Å²) in [7, 11) is 0. The number of rotatable bonds is 3. The van der Waals surface area contributed by atoms with E-state index < -0.39 is 29.6 Å². The molecular formula is C13H10F4N2O2. The van der Waals surface area contributed by atoms with Crippen molar-refractivity contribution in [3.63, 3.8) is 0 Å². The van der Waals surface area contributed by atoms with Crippen molar-refractivity contribution >= 4 is 5.78 Å². The number of aryl methyl sites for hydroxylation is 1. The van der Waals surface area contributed by atoms with Crippen LogP contribution in [0.15, 0.2) is 22.7 Å². The third-order valence-corrected chi connectivity index (χ3v) is 2.90. The Morgan fingerprint density at radius 3 is 2.57 bits per heavy atom. The van der Waals surface area contributed by atoms with Crippen molar-refractivity contribution < 1.29 is 26.9 Å². The minimum atomic E-state index is -4.97. The summed E-state index contributed by atoms with van der Waals surface area (Å²) in [5.74, 6) is -4.42. The quantitative estimate of drug-likeness (QED) is 0.815. The van der Waals surface area contributed by atoms with E-state index in [0.717, 1.165) is 6.92 Å². The summed E-state index contributed by atoms with van der Waals surface area (Å²) in [6.07, 6.45) is -4.97. The first-order valence-corrected chi connectivity index (χ1v) is 5.91. The molecule has 0 amide bonds. The van der Waals surface area contributed by atoms with Crippen molar-refractivity contribution in [3.05, 3.63) is 35.5 Å². The molecule has 1 unspecified atom stereocenters. The molecule has 4 nitrogen and oxygen atoms in total. The zero-order valence-electron chi connectivity index (χ0n) is 11.0. The summed E-state index contributed by atoms with van der Waals surface area (Å²) in [5, 5.41) is 3.51. The molecule has 1 aromatic heterocycles. The van der Waals surface area contributed by atoms with E-state index in [4.69, 9.17) is 4.52 Å². The molecule has 8 heteroatoms. The second kappa shape index (κ2) is 5.27. The van der Waals surface area contributed by atoms with E-state index in [0.29, 0.717) is 11.1 Å². The maximum atomic E-state index is 13.2. The van der Waals surface area contributed by atoms with Gasteiger partial charge in [-0.1, -0.05) is 5.16 Å². The molecule has 1 heterocycles. The first-order valence-electron chi connectivity index (χ1n) is 5.91. The second-order valence-corrected chi connectivity index (χ2v) is 4.50. The third kappa shape index (κ3) is 3.09. The molecule has 2 rings (SSSR count). The number of aromatic nitrogens is 2. The first-order chi connectivity index (χ1) is 9.70. The highest BCUT2D eigenvalue weighted by Gasteiger charge is 2.44. The molecule has 0 radical (unpaired) electrons. The van der Waals surface area contributed by atoms with Crippen molar-refractivity contribution in [3.8, 4) is 11.4 Å². The molecule has 0 aliphatic rings. The third-order valence-electron chi connectivity index (χ3n) is 2.90. The number of benzene rings is 1. The molecule has 1 atom stereocenters. The Hall–Kier alpha value is -2.25. The van der Waals surface area contributed by atoms with E-state index in [-0.39, 0.29) is 5.82 Å². The van der Waals surface area contributed by atoms with Crippen LogP contribution in [0.3, 0.4) is 0 Å². The number of carbonyl (C=O) groups is 1. The number of hydrogen-bond acceptors (Lipinski definition) is 4. The fraction of sp³-hybridized carbons (Fsp3) is 0.308. The van der Waals surface area contributed by atoms with E-state index in [9.17, 15) is 22.4 Å². The monoisotopic (exact) mass is 302 g/mol. The molecule has 0 aliphatic heterocycles. The topological polar surface area (TPSA) is 56.0 Å². The molecule has 1 aromatic carbocycles. The lowest BCUT2D eigenvalue weighted by Crippen LogP contribution is -2.27. The number of Topliss-reactive ketones (excluding diaryl/α,β-unsaturated/α-hetero) is 1. The number of hydrogen-bond donors (Lipinski definition) is 0. The van der Waals surface area contributed by atoms with E-state index in [2.05, 4.69) is 10.1 Å². The minimum absolute atomic E-state index is 0.00470. The van der Waals surface area contributed by atoms with Gasteiger partial charge < -0.3 is 4.52 Å². The molecule has 0 N–H and O–H groups in total. The summed E-state index contributed by atoms with van der Waals surface area (Å²) in [4.78, 5) is 14.9. The predicted molar refractivity (Wildman–Crippen MR) is 63.9 cm³/mol. The molecule has 0 saturated carbocycles. The van der Waals surface area contributed by atoms with E-state index in [1.54, 1.807) is 0 Å². The van der Waals surface area contributed by atoms with Gasteiger partial charge in [0.25, 0.3) is 0 Å². The van der Waals surface area contributed by atoms with Crippen LogP contribution in [0.25, 0.3) is 11.4 Å². The molecule has 112 valence electrons. The van der Waals surface area contributed by atoms with Gasteiger partial charge in [0.2, 0.25) is 17.5 Å². The van der Waals surface area contributed by atoms with Gasteiger partial charge in [0.15, 0.2) is 0 Å². The van der Waals surface area contributed by atoms with Crippen molar-refractivity contribution in [2.75, 3.05) is 0 Å². The van der Waals surface area contributed by atoms with Crippen molar-refractivity contribution in [2.24, 2.45) is 0 Å². The lowest BCUT2D eigenvalue weighted by molar-refractivity contribution is -0.172. The van der Waals surface area contributed by atoms with Gasteiger partial charge in [-0.3, -0.25) is 4.79 Å². The van der Waals surface area contributed by atoms with Crippen LogP contribution in [0.2, 0.25) is 0 Å². The van der Waals surface area contributed by atoms with Gasteiger partial charge in [-0.2, -0.15) is 18.2 Å². The SMILES string of the molecule is Cc1cc(-c2noc(C(C)C(=O)C(F)(F)F)n2)ccc1F. The van der Waals surface area contributed by atoms with Crippen LogP contribution < -0.4 is 0 Å². The van der Waals surface area contributed by atoms with Gasteiger partial charge >= 0.3 is 6.18 Å². The van der Waals surface area contributed by atoms with Crippen molar-refractivity contribution in [1.82, 2.24) is 10.1 Å². The van der Waals surface area contributed by atoms with Crippen molar-refractivity contribution in [1.29, 1.82) is 0 Å². The lowest BCUT2D eigenvalue weighted by atomic mass is 10.1. The van der Waals surface area contributed by atoms with Gasteiger partial charge in [0.1, 0.15) is 11.7 Å². The highest BCUT2D eigenvalue weighted by Crippen LogP contribution is 2.28. The van der Waals surface area contributed by atoms with Crippen LogP contribution in [-0.4, -0.2) is 22.1 Å². The smallest absolute Gasteiger partial charge is 0.338 e. The first kappa shape index (κ1) is 15.1. The summed E-state index contributed by atoms with van der Waals surface area (Å²) < 4.78 is 54.8. The van der Waals surface area contributed by atoms with Gasteiger partial charge in [-0.25, -0.2) is 4.39 Å². The molecular weight excluding hydrogens is 292 g/mol. The summed E-state index contributed by atoms with van der Waals surface area (Å²) in [6.45, 7) is 2.55. The number of ketones is 1. The van der Waals surface area contributed by atoms with Gasteiger partial charge in [-0.05, 0) is 37.6 Å². The van der Waals surface area contributed by atoms with E-state index >= 15 is 0 Å². The second-order valence-electron chi connectivity index (χ2n) is 4.50. The number of carbonyl (C=O) groups excluding carboxylic acids is 1. The zero-order valence-corrected chi connectivity index (χ0v) is 11.0. The fourth-order valence-electron chi connectivity index (χ4n) is 1.67.